The normalized spacial score (nSPS) is 12.4. The topological polar surface area (TPSA) is 27.8 Å². The summed E-state index contributed by atoms with van der Waals surface area (Å²) in [5, 5.41) is 6.30. The van der Waals surface area contributed by atoms with Gasteiger partial charge in [0, 0.05) is 30.5 Å². The van der Waals surface area contributed by atoms with Gasteiger partial charge in [-0.15, -0.1) is 0 Å². The number of fused-ring (bicyclic) bond motifs is 1. The minimum atomic E-state index is 0.282. The first-order chi connectivity index (χ1) is 12.3. The lowest BCUT2D eigenvalue weighted by Crippen LogP contribution is -2.18. The summed E-state index contributed by atoms with van der Waals surface area (Å²) in [6.07, 6.45) is 4.17. The molecule has 0 aliphatic rings. The number of rotatable bonds is 5. The number of aromatic amines is 1. The lowest BCUT2D eigenvalue weighted by Gasteiger charge is -2.17. The number of hydrogen-bond donors (Lipinski definition) is 2. The van der Waals surface area contributed by atoms with E-state index in [2.05, 4.69) is 102 Å². The maximum Gasteiger partial charge on any atom is 0.0301 e. The van der Waals surface area contributed by atoms with Gasteiger partial charge in [-0.3, -0.25) is 0 Å². The second kappa shape index (κ2) is 6.96. The first kappa shape index (κ1) is 15.7. The van der Waals surface area contributed by atoms with Crippen molar-refractivity contribution in [2.24, 2.45) is 0 Å². The molecule has 0 saturated heterocycles. The van der Waals surface area contributed by atoms with E-state index in [1.54, 1.807) is 0 Å². The van der Waals surface area contributed by atoms with E-state index in [0.717, 1.165) is 6.54 Å². The summed E-state index contributed by atoms with van der Waals surface area (Å²) in [6.45, 7) is 3.06. The van der Waals surface area contributed by atoms with Crippen LogP contribution in [0.25, 0.3) is 21.9 Å². The van der Waals surface area contributed by atoms with Gasteiger partial charge >= 0.3 is 0 Å². The van der Waals surface area contributed by atoms with E-state index >= 15 is 0 Å². The van der Waals surface area contributed by atoms with Gasteiger partial charge in [0.25, 0.3) is 0 Å². The molecule has 124 valence electrons. The lowest BCUT2D eigenvalue weighted by atomic mass is 9.99. The summed E-state index contributed by atoms with van der Waals surface area (Å²) in [7, 11) is 0. The number of hydrogen-bond acceptors (Lipinski definition) is 1. The molecule has 2 N–H and O–H groups in total. The molecule has 25 heavy (non-hydrogen) atoms. The van der Waals surface area contributed by atoms with Gasteiger partial charge in [0.05, 0.1) is 0 Å². The number of H-pyrrole nitrogens is 1. The average Bonchev–Trinajstić information content (AvgIpc) is 3.15. The fraction of sp³-hybridized carbons (Fsp3) is 0.130. The Bertz CT molecular complexity index is 964. The molecule has 3 aromatic carbocycles. The van der Waals surface area contributed by atoms with Gasteiger partial charge in [0.1, 0.15) is 0 Å². The Hall–Kier alpha value is -2.84. The highest BCUT2D eigenvalue weighted by atomic mass is 14.9. The van der Waals surface area contributed by atoms with Crippen molar-refractivity contribution in [1.82, 2.24) is 10.3 Å². The van der Waals surface area contributed by atoms with E-state index in [-0.39, 0.29) is 6.04 Å². The summed E-state index contributed by atoms with van der Waals surface area (Å²) in [5.41, 5.74) is 5.14. The molecule has 0 fully saturated rings. The van der Waals surface area contributed by atoms with Gasteiger partial charge in [-0.05, 0) is 34.4 Å². The highest BCUT2D eigenvalue weighted by Gasteiger charge is 2.11. The molecular formula is C23H22N2. The summed E-state index contributed by atoms with van der Waals surface area (Å²) < 4.78 is 0. The zero-order valence-corrected chi connectivity index (χ0v) is 14.4. The SMILES string of the molecule is C[C@H](NCc1c[nH]cc1-c1ccccc1)c1cccc2ccccc12. The van der Waals surface area contributed by atoms with Gasteiger partial charge in [0.2, 0.25) is 0 Å². The number of nitrogens with one attached hydrogen (secondary N) is 2. The van der Waals surface area contributed by atoms with Crippen LogP contribution in [-0.4, -0.2) is 4.98 Å². The molecule has 0 spiro atoms. The Morgan fingerprint density at radius 2 is 1.60 bits per heavy atom. The van der Waals surface area contributed by atoms with Gasteiger partial charge in [0.15, 0.2) is 0 Å². The van der Waals surface area contributed by atoms with Crippen molar-refractivity contribution in [2.45, 2.75) is 19.5 Å². The monoisotopic (exact) mass is 326 g/mol. The molecule has 4 aromatic rings. The molecule has 0 aliphatic carbocycles. The predicted octanol–water partition coefficient (Wildman–Crippen LogP) is 5.69. The van der Waals surface area contributed by atoms with Crippen LogP contribution in [-0.2, 0) is 6.54 Å². The molecule has 0 unspecified atom stereocenters. The standard InChI is InChI=1S/C23H22N2/c1-17(21-13-7-11-18-10-5-6-12-22(18)21)25-15-20-14-24-16-23(20)19-8-3-2-4-9-19/h2-14,16-17,24-25H,15H2,1H3/t17-/m0/s1. The largest absolute Gasteiger partial charge is 0.367 e. The van der Waals surface area contributed by atoms with E-state index in [1.807, 2.05) is 0 Å². The van der Waals surface area contributed by atoms with E-state index in [0.29, 0.717) is 0 Å². The minimum Gasteiger partial charge on any atom is -0.367 e. The van der Waals surface area contributed by atoms with Crippen LogP contribution in [0.3, 0.4) is 0 Å². The third-order valence-corrected chi connectivity index (χ3v) is 4.80. The second-order valence-electron chi connectivity index (χ2n) is 6.43. The summed E-state index contributed by atoms with van der Waals surface area (Å²) >= 11 is 0. The van der Waals surface area contributed by atoms with Crippen LogP contribution in [0.2, 0.25) is 0 Å². The van der Waals surface area contributed by atoms with Gasteiger partial charge in [-0.1, -0.05) is 72.8 Å². The highest BCUT2D eigenvalue weighted by molar-refractivity contribution is 5.86. The molecule has 0 aliphatic heterocycles. The first-order valence-corrected chi connectivity index (χ1v) is 8.75. The molecule has 1 aromatic heterocycles. The summed E-state index contributed by atoms with van der Waals surface area (Å²) in [6, 6.07) is 25.9. The quantitative estimate of drug-likeness (QED) is 0.485. The molecule has 1 heterocycles. The van der Waals surface area contributed by atoms with Crippen LogP contribution in [0.1, 0.15) is 24.1 Å². The molecule has 0 saturated carbocycles. The number of benzene rings is 3. The minimum absolute atomic E-state index is 0.282. The maximum atomic E-state index is 3.68. The molecule has 2 nitrogen and oxygen atoms in total. The van der Waals surface area contributed by atoms with Crippen molar-refractivity contribution in [3.63, 3.8) is 0 Å². The Kier molecular flexibility index (Phi) is 4.36. The fourth-order valence-electron chi connectivity index (χ4n) is 3.43. The Morgan fingerprint density at radius 1 is 0.840 bits per heavy atom. The summed E-state index contributed by atoms with van der Waals surface area (Å²) in [4.78, 5) is 3.25. The van der Waals surface area contributed by atoms with E-state index in [9.17, 15) is 0 Å². The van der Waals surface area contributed by atoms with Crippen LogP contribution in [0.5, 0.6) is 0 Å². The van der Waals surface area contributed by atoms with Crippen molar-refractivity contribution in [2.75, 3.05) is 0 Å². The third kappa shape index (κ3) is 3.21. The average molecular weight is 326 g/mol. The molecule has 0 amide bonds. The number of aromatic nitrogens is 1. The van der Waals surface area contributed by atoms with Crippen LogP contribution in [0.15, 0.2) is 85.2 Å². The first-order valence-electron chi connectivity index (χ1n) is 8.75. The molecule has 2 heteroatoms. The lowest BCUT2D eigenvalue weighted by molar-refractivity contribution is 0.579. The molecule has 1 atom stereocenters. The van der Waals surface area contributed by atoms with Crippen molar-refractivity contribution in [1.29, 1.82) is 0 Å². The van der Waals surface area contributed by atoms with Crippen molar-refractivity contribution in [3.05, 3.63) is 96.3 Å². The van der Waals surface area contributed by atoms with Gasteiger partial charge in [-0.25, -0.2) is 0 Å². The van der Waals surface area contributed by atoms with Gasteiger partial charge in [-0.2, -0.15) is 0 Å². The fourth-order valence-corrected chi connectivity index (χ4v) is 3.43. The Morgan fingerprint density at radius 3 is 2.48 bits per heavy atom. The molecule has 4 rings (SSSR count). The zero-order valence-electron chi connectivity index (χ0n) is 14.4. The van der Waals surface area contributed by atoms with Crippen molar-refractivity contribution in [3.8, 4) is 11.1 Å². The Labute approximate surface area is 148 Å². The molecule has 0 bridgehead atoms. The maximum absolute atomic E-state index is 3.68. The zero-order chi connectivity index (χ0) is 17.1. The molecular weight excluding hydrogens is 304 g/mol. The van der Waals surface area contributed by atoms with Crippen LogP contribution in [0.4, 0.5) is 0 Å². The molecule has 0 radical (unpaired) electrons. The van der Waals surface area contributed by atoms with Crippen molar-refractivity contribution < 1.29 is 0 Å². The Balaban J connectivity index is 1.55. The van der Waals surface area contributed by atoms with Crippen LogP contribution in [0, 0.1) is 0 Å². The smallest absolute Gasteiger partial charge is 0.0301 e. The highest BCUT2D eigenvalue weighted by Crippen LogP contribution is 2.26. The summed E-state index contributed by atoms with van der Waals surface area (Å²) in [5.74, 6) is 0. The predicted molar refractivity (Wildman–Crippen MR) is 105 cm³/mol. The van der Waals surface area contributed by atoms with E-state index < -0.39 is 0 Å². The third-order valence-electron chi connectivity index (χ3n) is 4.80. The van der Waals surface area contributed by atoms with E-state index in [1.165, 1.54) is 33.0 Å². The van der Waals surface area contributed by atoms with Crippen LogP contribution < -0.4 is 5.32 Å². The van der Waals surface area contributed by atoms with Crippen LogP contribution >= 0.6 is 0 Å². The van der Waals surface area contributed by atoms with Gasteiger partial charge < -0.3 is 10.3 Å². The second-order valence-corrected chi connectivity index (χ2v) is 6.43. The van der Waals surface area contributed by atoms with E-state index in [4.69, 9.17) is 0 Å². The van der Waals surface area contributed by atoms with Crippen molar-refractivity contribution >= 4 is 10.8 Å².